The molecular weight excluding hydrogens is 212 g/mol. The number of urea groups is 1. The van der Waals surface area contributed by atoms with Crippen molar-refractivity contribution < 1.29 is 4.79 Å². The summed E-state index contributed by atoms with van der Waals surface area (Å²) in [6.45, 7) is 12.6. The highest BCUT2D eigenvalue weighted by molar-refractivity contribution is 5.74. The number of unbranched alkanes of at least 4 members (excludes halogenated alkanes) is 2. The number of hydrogen-bond donors (Lipinski definition) is 1. The monoisotopic (exact) mass is 238 g/mol. The third-order valence-electron chi connectivity index (χ3n) is 2.60. The summed E-state index contributed by atoms with van der Waals surface area (Å²) in [6.07, 6.45) is 8.09. The number of hydrogen-bond acceptors (Lipinski definition) is 1. The van der Waals surface area contributed by atoms with Crippen molar-refractivity contribution >= 4 is 6.03 Å². The Morgan fingerprint density at radius 3 is 2.35 bits per heavy atom. The molecule has 1 N–H and O–H groups in total. The third kappa shape index (κ3) is 7.61. The molecule has 1 atom stereocenters. The molecule has 0 aliphatic carbocycles. The molecule has 2 amide bonds. The standard InChI is InChI=1S/C14H26N2O/c1-5-8-9-10-13(4)15-14(17)16(11-6-2)12-7-3/h6-7,13H,2-3,5,8-12H2,1,4H3,(H,15,17). The van der Waals surface area contributed by atoms with Crippen molar-refractivity contribution in [3.63, 3.8) is 0 Å². The molecule has 0 spiro atoms. The van der Waals surface area contributed by atoms with Gasteiger partial charge in [-0.1, -0.05) is 38.3 Å². The Morgan fingerprint density at radius 1 is 1.29 bits per heavy atom. The summed E-state index contributed by atoms with van der Waals surface area (Å²) < 4.78 is 0. The molecule has 17 heavy (non-hydrogen) atoms. The molecule has 0 aliphatic heterocycles. The smallest absolute Gasteiger partial charge is 0.318 e. The quantitative estimate of drug-likeness (QED) is 0.485. The Labute approximate surface area is 106 Å². The minimum Gasteiger partial charge on any atom is -0.336 e. The van der Waals surface area contributed by atoms with Crippen LogP contribution in [-0.4, -0.2) is 30.1 Å². The van der Waals surface area contributed by atoms with Crippen LogP contribution in [0.1, 0.15) is 39.5 Å². The van der Waals surface area contributed by atoms with Crippen molar-refractivity contribution in [2.45, 2.75) is 45.6 Å². The van der Waals surface area contributed by atoms with Crippen LogP contribution < -0.4 is 5.32 Å². The molecule has 0 bridgehead atoms. The average molecular weight is 238 g/mol. The summed E-state index contributed by atoms with van der Waals surface area (Å²) in [5, 5.41) is 3.00. The van der Waals surface area contributed by atoms with Gasteiger partial charge < -0.3 is 10.2 Å². The molecule has 1 unspecified atom stereocenters. The van der Waals surface area contributed by atoms with Gasteiger partial charge in [-0.15, -0.1) is 13.2 Å². The molecule has 0 aliphatic rings. The maximum Gasteiger partial charge on any atom is 0.318 e. The molecule has 3 heteroatoms. The first-order valence-electron chi connectivity index (χ1n) is 6.42. The molecule has 0 aromatic rings. The van der Waals surface area contributed by atoms with Crippen molar-refractivity contribution in [2.75, 3.05) is 13.1 Å². The van der Waals surface area contributed by atoms with E-state index in [9.17, 15) is 4.79 Å². The Morgan fingerprint density at radius 2 is 1.88 bits per heavy atom. The fourth-order valence-electron chi connectivity index (χ4n) is 1.63. The van der Waals surface area contributed by atoms with E-state index >= 15 is 0 Å². The predicted molar refractivity (Wildman–Crippen MR) is 74.1 cm³/mol. The number of rotatable bonds is 9. The third-order valence-corrected chi connectivity index (χ3v) is 2.60. The molecule has 0 rings (SSSR count). The lowest BCUT2D eigenvalue weighted by Gasteiger charge is -2.22. The first-order valence-corrected chi connectivity index (χ1v) is 6.42. The van der Waals surface area contributed by atoms with Crippen LogP contribution >= 0.6 is 0 Å². The molecule has 0 saturated heterocycles. The molecule has 0 radical (unpaired) electrons. The van der Waals surface area contributed by atoms with Gasteiger partial charge in [0, 0.05) is 19.1 Å². The first-order chi connectivity index (χ1) is 8.15. The highest BCUT2D eigenvalue weighted by Gasteiger charge is 2.12. The zero-order chi connectivity index (χ0) is 13.1. The fraction of sp³-hybridized carbons (Fsp3) is 0.643. The van der Waals surface area contributed by atoms with Crippen molar-refractivity contribution in [3.05, 3.63) is 25.3 Å². The van der Waals surface area contributed by atoms with Crippen LogP contribution in [0, 0.1) is 0 Å². The van der Waals surface area contributed by atoms with E-state index in [0.717, 1.165) is 6.42 Å². The van der Waals surface area contributed by atoms with Gasteiger partial charge in [0.15, 0.2) is 0 Å². The maximum atomic E-state index is 11.9. The van der Waals surface area contributed by atoms with E-state index in [4.69, 9.17) is 0 Å². The summed E-state index contributed by atoms with van der Waals surface area (Å²) in [4.78, 5) is 13.6. The van der Waals surface area contributed by atoms with Crippen LogP contribution in [0.4, 0.5) is 4.79 Å². The number of carbonyl (C=O) groups excluding carboxylic acids is 1. The summed E-state index contributed by atoms with van der Waals surface area (Å²) in [5.41, 5.74) is 0. The molecule has 0 saturated carbocycles. The van der Waals surface area contributed by atoms with E-state index in [1.165, 1.54) is 19.3 Å². The van der Waals surface area contributed by atoms with Crippen molar-refractivity contribution in [2.24, 2.45) is 0 Å². The van der Waals surface area contributed by atoms with E-state index in [1.54, 1.807) is 17.1 Å². The van der Waals surface area contributed by atoms with E-state index in [-0.39, 0.29) is 12.1 Å². The maximum absolute atomic E-state index is 11.9. The first kappa shape index (κ1) is 15.8. The van der Waals surface area contributed by atoms with Crippen LogP contribution in [0.3, 0.4) is 0 Å². The van der Waals surface area contributed by atoms with Crippen LogP contribution in [-0.2, 0) is 0 Å². The largest absolute Gasteiger partial charge is 0.336 e. The van der Waals surface area contributed by atoms with Gasteiger partial charge in [0.25, 0.3) is 0 Å². The van der Waals surface area contributed by atoms with Gasteiger partial charge in [0.05, 0.1) is 0 Å². The van der Waals surface area contributed by atoms with Crippen LogP contribution in [0.25, 0.3) is 0 Å². The van der Waals surface area contributed by atoms with Crippen LogP contribution in [0.2, 0.25) is 0 Å². The SMILES string of the molecule is C=CCN(CC=C)C(=O)NC(C)CCCCC. The van der Waals surface area contributed by atoms with Gasteiger partial charge in [0.1, 0.15) is 0 Å². The van der Waals surface area contributed by atoms with Gasteiger partial charge in [-0.2, -0.15) is 0 Å². The number of amides is 2. The lowest BCUT2D eigenvalue weighted by atomic mass is 10.1. The molecular formula is C14H26N2O. The fourth-order valence-corrected chi connectivity index (χ4v) is 1.63. The minimum absolute atomic E-state index is 0.0335. The molecule has 0 fully saturated rings. The summed E-state index contributed by atoms with van der Waals surface area (Å²) >= 11 is 0. The van der Waals surface area contributed by atoms with Gasteiger partial charge in [-0.05, 0) is 13.3 Å². The summed E-state index contributed by atoms with van der Waals surface area (Å²) in [6, 6.07) is 0.194. The molecule has 0 aromatic heterocycles. The summed E-state index contributed by atoms with van der Waals surface area (Å²) in [7, 11) is 0. The van der Waals surface area contributed by atoms with Gasteiger partial charge in [-0.25, -0.2) is 4.79 Å². The van der Waals surface area contributed by atoms with E-state index in [2.05, 4.69) is 25.4 Å². The Kier molecular flexibility index (Phi) is 9.21. The molecule has 3 nitrogen and oxygen atoms in total. The Bertz CT molecular complexity index is 228. The van der Waals surface area contributed by atoms with E-state index in [0.29, 0.717) is 13.1 Å². The van der Waals surface area contributed by atoms with Crippen molar-refractivity contribution in [3.8, 4) is 0 Å². The van der Waals surface area contributed by atoms with Gasteiger partial charge in [-0.3, -0.25) is 0 Å². The Hall–Kier alpha value is -1.25. The normalized spacial score (nSPS) is 11.6. The molecule has 98 valence electrons. The second kappa shape index (κ2) is 9.94. The second-order valence-electron chi connectivity index (χ2n) is 4.33. The highest BCUT2D eigenvalue weighted by Crippen LogP contribution is 2.03. The molecule has 0 aromatic carbocycles. The lowest BCUT2D eigenvalue weighted by molar-refractivity contribution is 0.204. The van der Waals surface area contributed by atoms with Crippen LogP contribution in [0.15, 0.2) is 25.3 Å². The Balaban J connectivity index is 4.00. The number of carbonyl (C=O) groups is 1. The number of nitrogens with one attached hydrogen (secondary N) is 1. The van der Waals surface area contributed by atoms with Crippen molar-refractivity contribution in [1.29, 1.82) is 0 Å². The lowest BCUT2D eigenvalue weighted by Crippen LogP contribution is -2.44. The van der Waals surface area contributed by atoms with Gasteiger partial charge in [0.2, 0.25) is 0 Å². The zero-order valence-corrected chi connectivity index (χ0v) is 11.2. The van der Waals surface area contributed by atoms with E-state index in [1.807, 2.05) is 6.92 Å². The second-order valence-corrected chi connectivity index (χ2v) is 4.33. The predicted octanol–water partition coefficient (Wildman–Crippen LogP) is 3.34. The number of nitrogens with zero attached hydrogens (tertiary/aromatic N) is 1. The van der Waals surface area contributed by atoms with E-state index < -0.39 is 0 Å². The van der Waals surface area contributed by atoms with Gasteiger partial charge >= 0.3 is 6.03 Å². The van der Waals surface area contributed by atoms with Crippen molar-refractivity contribution in [1.82, 2.24) is 10.2 Å². The summed E-state index contributed by atoms with van der Waals surface area (Å²) in [5.74, 6) is 0. The highest BCUT2D eigenvalue weighted by atomic mass is 16.2. The minimum atomic E-state index is -0.0335. The van der Waals surface area contributed by atoms with Crippen LogP contribution in [0.5, 0.6) is 0 Å². The zero-order valence-electron chi connectivity index (χ0n) is 11.2. The topological polar surface area (TPSA) is 32.3 Å². The average Bonchev–Trinajstić information content (AvgIpc) is 2.29. The molecule has 0 heterocycles.